The molecule has 0 atom stereocenters. The van der Waals surface area contributed by atoms with Crippen molar-refractivity contribution in [3.05, 3.63) is 96.1 Å². The molecule has 0 aliphatic heterocycles. The maximum atomic E-state index is 12.8. The van der Waals surface area contributed by atoms with Crippen LogP contribution >= 0.6 is 0 Å². The Morgan fingerprint density at radius 3 is 2.31 bits per heavy atom. The Labute approximate surface area is 187 Å². The zero-order valence-electron chi connectivity index (χ0n) is 18.1. The van der Waals surface area contributed by atoms with Crippen molar-refractivity contribution >= 4 is 22.4 Å². The third-order valence-electron chi connectivity index (χ3n) is 5.09. The normalized spacial score (nSPS) is 10.6. The Morgan fingerprint density at radius 2 is 1.56 bits per heavy atom. The molecule has 0 saturated heterocycles. The highest BCUT2D eigenvalue weighted by Crippen LogP contribution is 2.26. The van der Waals surface area contributed by atoms with Crippen LogP contribution in [0.1, 0.15) is 22.8 Å². The molecular formula is C27H25NO4. The number of hydrogen-bond acceptors (Lipinski definition) is 4. The van der Waals surface area contributed by atoms with Crippen LogP contribution in [0.2, 0.25) is 0 Å². The molecule has 0 saturated carbocycles. The number of anilines is 1. The first kappa shape index (κ1) is 21.2. The average Bonchev–Trinajstić information content (AvgIpc) is 2.84. The molecule has 0 aromatic heterocycles. The van der Waals surface area contributed by atoms with E-state index in [-0.39, 0.29) is 12.5 Å². The van der Waals surface area contributed by atoms with Crippen molar-refractivity contribution in [2.24, 2.45) is 0 Å². The van der Waals surface area contributed by atoms with Crippen LogP contribution in [0.15, 0.2) is 84.9 Å². The summed E-state index contributed by atoms with van der Waals surface area (Å²) in [5.41, 5.74) is 2.03. The molecule has 1 amide bonds. The van der Waals surface area contributed by atoms with Gasteiger partial charge in [0.1, 0.15) is 23.9 Å². The number of rotatable bonds is 8. The monoisotopic (exact) mass is 427 g/mol. The Hall–Kier alpha value is -3.99. The van der Waals surface area contributed by atoms with Gasteiger partial charge in [0.15, 0.2) is 0 Å². The largest absolute Gasteiger partial charge is 0.497 e. The topological polar surface area (TPSA) is 56.8 Å². The maximum Gasteiger partial charge on any atom is 0.255 e. The molecule has 4 aromatic carbocycles. The molecule has 0 aliphatic carbocycles. The fourth-order valence-electron chi connectivity index (χ4n) is 3.43. The fourth-order valence-corrected chi connectivity index (χ4v) is 3.43. The molecule has 5 nitrogen and oxygen atoms in total. The Bertz CT molecular complexity index is 1220. The number of ether oxygens (including phenoxy) is 3. The number of benzene rings is 4. The van der Waals surface area contributed by atoms with Crippen LogP contribution in [0.5, 0.6) is 17.2 Å². The van der Waals surface area contributed by atoms with Crippen molar-refractivity contribution in [3.63, 3.8) is 0 Å². The quantitative estimate of drug-likeness (QED) is 0.370. The second-order valence-corrected chi connectivity index (χ2v) is 7.24. The predicted molar refractivity (Wildman–Crippen MR) is 127 cm³/mol. The van der Waals surface area contributed by atoms with Gasteiger partial charge in [-0.05, 0) is 72.3 Å². The third kappa shape index (κ3) is 5.01. The van der Waals surface area contributed by atoms with E-state index in [1.165, 1.54) is 0 Å². The third-order valence-corrected chi connectivity index (χ3v) is 5.09. The Morgan fingerprint density at radius 1 is 0.812 bits per heavy atom. The number of fused-ring (bicyclic) bond motifs is 1. The van der Waals surface area contributed by atoms with Gasteiger partial charge in [-0.2, -0.15) is 0 Å². The van der Waals surface area contributed by atoms with E-state index in [0.29, 0.717) is 23.6 Å². The van der Waals surface area contributed by atoms with Gasteiger partial charge in [0.05, 0.1) is 13.7 Å². The molecule has 0 heterocycles. The van der Waals surface area contributed by atoms with Gasteiger partial charge in [0.25, 0.3) is 5.91 Å². The van der Waals surface area contributed by atoms with E-state index in [0.717, 1.165) is 27.8 Å². The molecule has 0 bridgehead atoms. The zero-order valence-corrected chi connectivity index (χ0v) is 18.1. The van der Waals surface area contributed by atoms with Crippen LogP contribution in [0.3, 0.4) is 0 Å². The molecule has 162 valence electrons. The lowest BCUT2D eigenvalue weighted by molar-refractivity contribution is 0.102. The smallest absolute Gasteiger partial charge is 0.255 e. The summed E-state index contributed by atoms with van der Waals surface area (Å²) >= 11 is 0. The minimum Gasteiger partial charge on any atom is -0.497 e. The minimum atomic E-state index is -0.204. The Kier molecular flexibility index (Phi) is 6.56. The summed E-state index contributed by atoms with van der Waals surface area (Å²) < 4.78 is 16.9. The van der Waals surface area contributed by atoms with E-state index in [1.54, 1.807) is 37.4 Å². The van der Waals surface area contributed by atoms with Gasteiger partial charge in [0.2, 0.25) is 0 Å². The Balaban J connectivity index is 1.51. The van der Waals surface area contributed by atoms with Crippen LogP contribution in [0.4, 0.5) is 5.69 Å². The van der Waals surface area contributed by atoms with Crippen LogP contribution < -0.4 is 19.5 Å². The summed E-state index contributed by atoms with van der Waals surface area (Å²) in [6.45, 7) is 2.75. The second-order valence-electron chi connectivity index (χ2n) is 7.24. The van der Waals surface area contributed by atoms with Crippen LogP contribution in [-0.4, -0.2) is 19.6 Å². The van der Waals surface area contributed by atoms with Crippen LogP contribution in [0.25, 0.3) is 10.8 Å². The summed E-state index contributed by atoms with van der Waals surface area (Å²) in [4.78, 5) is 12.8. The highest BCUT2D eigenvalue weighted by molar-refractivity contribution is 6.04. The van der Waals surface area contributed by atoms with E-state index in [9.17, 15) is 4.79 Å². The zero-order chi connectivity index (χ0) is 22.3. The highest BCUT2D eigenvalue weighted by atomic mass is 16.5. The van der Waals surface area contributed by atoms with Gasteiger partial charge < -0.3 is 19.5 Å². The number of carbonyl (C=O) groups excluding carboxylic acids is 1. The highest BCUT2D eigenvalue weighted by Gasteiger charge is 2.12. The molecule has 32 heavy (non-hydrogen) atoms. The first-order valence-corrected chi connectivity index (χ1v) is 10.5. The van der Waals surface area contributed by atoms with E-state index in [2.05, 4.69) is 17.4 Å². The SMILES string of the molecule is CCOc1ccc(C(=O)Nc2ccc(OC)cc2)cc1COc1ccc2ccccc2c1. The summed E-state index contributed by atoms with van der Waals surface area (Å²) in [5.74, 6) is 2.00. The lowest BCUT2D eigenvalue weighted by Crippen LogP contribution is -2.13. The number of hydrogen-bond donors (Lipinski definition) is 1. The van der Waals surface area contributed by atoms with Crippen LogP contribution in [0, 0.1) is 0 Å². The molecule has 0 aliphatic rings. The van der Waals surface area contributed by atoms with Gasteiger partial charge in [-0.25, -0.2) is 0 Å². The number of carbonyl (C=O) groups is 1. The van der Waals surface area contributed by atoms with E-state index >= 15 is 0 Å². The lowest BCUT2D eigenvalue weighted by atomic mass is 10.1. The van der Waals surface area contributed by atoms with Crippen molar-refractivity contribution < 1.29 is 19.0 Å². The van der Waals surface area contributed by atoms with Crippen molar-refractivity contribution in [2.75, 3.05) is 19.0 Å². The molecule has 0 unspecified atom stereocenters. The minimum absolute atomic E-state index is 0.204. The summed E-state index contributed by atoms with van der Waals surface area (Å²) in [5, 5.41) is 5.18. The van der Waals surface area contributed by atoms with Crippen molar-refractivity contribution in [3.8, 4) is 17.2 Å². The van der Waals surface area contributed by atoms with Crippen molar-refractivity contribution in [1.82, 2.24) is 0 Å². The summed E-state index contributed by atoms with van der Waals surface area (Å²) in [7, 11) is 1.61. The number of amides is 1. The molecule has 1 N–H and O–H groups in total. The molecule has 0 fully saturated rings. The first-order valence-electron chi connectivity index (χ1n) is 10.5. The van der Waals surface area contributed by atoms with Gasteiger partial charge in [-0.1, -0.05) is 30.3 Å². The molecule has 5 heteroatoms. The number of nitrogens with one attached hydrogen (secondary N) is 1. The maximum absolute atomic E-state index is 12.8. The average molecular weight is 428 g/mol. The predicted octanol–water partition coefficient (Wildman–Crippen LogP) is 6.08. The van der Waals surface area contributed by atoms with E-state index in [4.69, 9.17) is 14.2 Å². The van der Waals surface area contributed by atoms with E-state index < -0.39 is 0 Å². The fraction of sp³-hybridized carbons (Fsp3) is 0.148. The van der Waals surface area contributed by atoms with Gasteiger partial charge >= 0.3 is 0 Å². The summed E-state index contributed by atoms with van der Waals surface area (Å²) in [6.07, 6.45) is 0. The second kappa shape index (κ2) is 9.88. The van der Waals surface area contributed by atoms with Gasteiger partial charge in [0, 0.05) is 16.8 Å². The van der Waals surface area contributed by atoms with Crippen LogP contribution in [-0.2, 0) is 6.61 Å². The standard InChI is InChI=1S/C27H25NO4/c1-3-31-26-15-9-21(27(29)28-23-10-13-24(30-2)14-11-23)16-22(26)18-32-25-12-8-19-6-4-5-7-20(19)17-25/h4-17H,3,18H2,1-2H3,(H,28,29). The lowest BCUT2D eigenvalue weighted by Gasteiger charge is -2.14. The number of methoxy groups -OCH3 is 1. The van der Waals surface area contributed by atoms with Gasteiger partial charge in [-0.3, -0.25) is 4.79 Å². The summed E-state index contributed by atoms with van der Waals surface area (Å²) in [6, 6.07) is 26.7. The molecule has 0 radical (unpaired) electrons. The first-order chi connectivity index (χ1) is 15.7. The molecule has 0 spiro atoms. The van der Waals surface area contributed by atoms with Crippen molar-refractivity contribution in [2.45, 2.75) is 13.5 Å². The van der Waals surface area contributed by atoms with E-state index in [1.807, 2.05) is 49.4 Å². The molecule has 4 rings (SSSR count). The van der Waals surface area contributed by atoms with Gasteiger partial charge in [-0.15, -0.1) is 0 Å². The molecule has 4 aromatic rings. The van der Waals surface area contributed by atoms with Crippen molar-refractivity contribution in [1.29, 1.82) is 0 Å². The molecular weight excluding hydrogens is 402 g/mol.